The van der Waals surface area contributed by atoms with E-state index in [9.17, 15) is 14.9 Å². The molecule has 23 heavy (non-hydrogen) atoms. The first-order valence-electron chi connectivity index (χ1n) is 7.64. The average molecular weight is 322 g/mol. The second kappa shape index (κ2) is 7.89. The average Bonchev–Trinajstić information content (AvgIpc) is 2.53. The Morgan fingerprint density at radius 3 is 2.65 bits per heavy atom. The fraction of sp³-hybridized carbons (Fsp3) is 0.533. The van der Waals surface area contributed by atoms with Crippen LogP contribution in [0, 0.1) is 10.1 Å². The third-order valence-electron chi connectivity index (χ3n) is 3.87. The molecule has 0 spiro atoms. The number of carbonyl (C=O) groups excluding carboxylic acids is 1. The maximum atomic E-state index is 11.9. The molecule has 1 aromatic carbocycles. The Labute approximate surface area is 134 Å². The first-order chi connectivity index (χ1) is 11.0. The highest BCUT2D eigenvalue weighted by Gasteiger charge is 2.20. The van der Waals surface area contributed by atoms with Gasteiger partial charge in [-0.05, 0) is 19.5 Å². The second-order valence-corrected chi connectivity index (χ2v) is 5.62. The third-order valence-corrected chi connectivity index (χ3v) is 3.87. The van der Waals surface area contributed by atoms with E-state index in [1.165, 1.54) is 12.1 Å². The van der Waals surface area contributed by atoms with E-state index in [-0.39, 0.29) is 24.6 Å². The van der Waals surface area contributed by atoms with Crippen LogP contribution in [0.1, 0.15) is 12.8 Å². The molecule has 1 saturated heterocycles. The van der Waals surface area contributed by atoms with Crippen LogP contribution >= 0.6 is 0 Å². The summed E-state index contributed by atoms with van der Waals surface area (Å²) in [7, 11) is 2.05. The number of non-ortho nitro benzene ring substituents is 1. The van der Waals surface area contributed by atoms with Gasteiger partial charge in [-0.2, -0.15) is 0 Å². The molecule has 0 saturated carbocycles. The molecule has 2 N–H and O–H groups in total. The molecule has 0 bridgehead atoms. The second-order valence-electron chi connectivity index (χ2n) is 5.62. The van der Waals surface area contributed by atoms with Crippen LogP contribution in [0.3, 0.4) is 0 Å². The van der Waals surface area contributed by atoms with E-state index < -0.39 is 4.92 Å². The molecule has 0 aromatic heterocycles. The molecule has 0 radical (unpaired) electrons. The molecule has 8 heteroatoms. The van der Waals surface area contributed by atoms with Gasteiger partial charge >= 0.3 is 0 Å². The lowest BCUT2D eigenvalue weighted by molar-refractivity contribution is -0.384. The van der Waals surface area contributed by atoms with E-state index in [2.05, 4.69) is 15.1 Å². The van der Waals surface area contributed by atoms with Gasteiger partial charge in [0.05, 0.1) is 16.3 Å². The van der Waals surface area contributed by atoms with E-state index in [1.807, 2.05) is 7.05 Å². The van der Waals surface area contributed by atoms with Crippen molar-refractivity contribution in [1.29, 1.82) is 0 Å². The van der Waals surface area contributed by atoms with Gasteiger partial charge in [0.25, 0.3) is 5.69 Å². The smallest absolute Gasteiger partial charge is 0.271 e. The highest BCUT2D eigenvalue weighted by Crippen LogP contribution is 2.31. The number of nitrogens with zero attached hydrogens (tertiary/aromatic N) is 3. The number of nitro benzene ring substituents is 1. The van der Waals surface area contributed by atoms with Crippen LogP contribution in [-0.2, 0) is 4.79 Å². The summed E-state index contributed by atoms with van der Waals surface area (Å²) in [6, 6.07) is 4.53. The number of rotatable bonds is 6. The number of nitro groups is 1. The van der Waals surface area contributed by atoms with Crippen LogP contribution < -0.4 is 10.2 Å². The Morgan fingerprint density at radius 2 is 2.04 bits per heavy atom. The molecule has 1 fully saturated rings. The van der Waals surface area contributed by atoms with Crippen LogP contribution in [0.15, 0.2) is 18.2 Å². The molecule has 1 aromatic rings. The molecule has 1 aliphatic heterocycles. The molecule has 1 heterocycles. The number of aliphatic hydroxyl groups excluding tert-OH is 1. The van der Waals surface area contributed by atoms with Crippen LogP contribution in [0.25, 0.3) is 0 Å². The zero-order valence-corrected chi connectivity index (χ0v) is 13.2. The van der Waals surface area contributed by atoms with Gasteiger partial charge in [0.15, 0.2) is 0 Å². The largest absolute Gasteiger partial charge is 0.396 e. The number of nitrogens with one attached hydrogen (secondary N) is 1. The molecule has 0 atom stereocenters. The van der Waals surface area contributed by atoms with Crippen LogP contribution in [0.4, 0.5) is 17.1 Å². The number of benzene rings is 1. The Balaban J connectivity index is 2.22. The SMILES string of the molecule is CN1CCN(c2ccc([N+](=O)[O-])cc2NC(=O)CCCO)CC1. The van der Waals surface area contributed by atoms with Gasteiger partial charge in [-0.3, -0.25) is 14.9 Å². The molecule has 1 amide bonds. The summed E-state index contributed by atoms with van der Waals surface area (Å²) in [4.78, 5) is 26.8. The number of amides is 1. The number of likely N-dealkylation sites (N-methyl/N-ethyl adjacent to an activating group) is 1. The molecule has 0 aliphatic carbocycles. The van der Waals surface area contributed by atoms with E-state index in [1.54, 1.807) is 6.07 Å². The predicted molar refractivity (Wildman–Crippen MR) is 87.8 cm³/mol. The summed E-state index contributed by atoms with van der Waals surface area (Å²) in [6.07, 6.45) is 0.548. The van der Waals surface area contributed by atoms with Gasteiger partial charge in [0.2, 0.25) is 5.91 Å². The van der Waals surface area contributed by atoms with E-state index >= 15 is 0 Å². The Morgan fingerprint density at radius 1 is 1.35 bits per heavy atom. The van der Waals surface area contributed by atoms with Crippen molar-refractivity contribution >= 4 is 23.0 Å². The zero-order valence-electron chi connectivity index (χ0n) is 13.2. The summed E-state index contributed by atoms with van der Waals surface area (Å²) >= 11 is 0. The summed E-state index contributed by atoms with van der Waals surface area (Å²) in [5.41, 5.74) is 1.19. The number of hydrogen-bond acceptors (Lipinski definition) is 6. The number of aliphatic hydroxyl groups is 1. The topological polar surface area (TPSA) is 99.0 Å². The number of carbonyl (C=O) groups is 1. The number of anilines is 2. The van der Waals surface area contributed by atoms with Crippen molar-refractivity contribution < 1.29 is 14.8 Å². The van der Waals surface area contributed by atoms with Gasteiger partial charge in [-0.15, -0.1) is 0 Å². The fourth-order valence-electron chi connectivity index (χ4n) is 2.51. The third kappa shape index (κ3) is 4.64. The molecule has 0 unspecified atom stereocenters. The summed E-state index contributed by atoms with van der Waals surface area (Å²) < 4.78 is 0. The highest BCUT2D eigenvalue weighted by molar-refractivity contribution is 5.95. The summed E-state index contributed by atoms with van der Waals surface area (Å²) in [5, 5.41) is 22.5. The van der Waals surface area contributed by atoms with E-state index in [0.29, 0.717) is 12.1 Å². The van der Waals surface area contributed by atoms with Gasteiger partial charge in [0.1, 0.15) is 0 Å². The first-order valence-corrected chi connectivity index (χ1v) is 7.64. The van der Waals surface area contributed by atoms with E-state index in [4.69, 9.17) is 5.11 Å². The van der Waals surface area contributed by atoms with Crippen molar-refractivity contribution in [3.63, 3.8) is 0 Å². The van der Waals surface area contributed by atoms with Gasteiger partial charge in [0, 0.05) is 51.3 Å². The minimum Gasteiger partial charge on any atom is -0.396 e. The normalized spacial score (nSPS) is 15.5. The lowest BCUT2D eigenvalue weighted by atomic mass is 10.2. The van der Waals surface area contributed by atoms with Gasteiger partial charge in [-0.25, -0.2) is 0 Å². The number of piperazine rings is 1. The Kier molecular flexibility index (Phi) is 5.89. The lowest BCUT2D eigenvalue weighted by Gasteiger charge is -2.35. The molecular formula is C15H22N4O4. The van der Waals surface area contributed by atoms with Crippen molar-refractivity contribution in [2.24, 2.45) is 0 Å². The maximum absolute atomic E-state index is 11.9. The van der Waals surface area contributed by atoms with Crippen molar-refractivity contribution in [2.45, 2.75) is 12.8 Å². The molecular weight excluding hydrogens is 300 g/mol. The van der Waals surface area contributed by atoms with Crippen molar-refractivity contribution in [2.75, 3.05) is 50.1 Å². The summed E-state index contributed by atoms with van der Waals surface area (Å²) in [5.74, 6) is -0.255. The summed E-state index contributed by atoms with van der Waals surface area (Å²) in [6.45, 7) is 3.33. The van der Waals surface area contributed by atoms with Crippen molar-refractivity contribution in [1.82, 2.24) is 4.90 Å². The Hall–Kier alpha value is -2.19. The van der Waals surface area contributed by atoms with E-state index in [0.717, 1.165) is 31.9 Å². The van der Waals surface area contributed by atoms with Gasteiger partial charge < -0.3 is 20.2 Å². The molecule has 2 rings (SSSR count). The van der Waals surface area contributed by atoms with Gasteiger partial charge in [-0.1, -0.05) is 0 Å². The predicted octanol–water partition coefficient (Wildman–Crippen LogP) is 1.06. The lowest BCUT2D eigenvalue weighted by Crippen LogP contribution is -2.44. The van der Waals surface area contributed by atoms with Crippen LogP contribution in [0.5, 0.6) is 0 Å². The van der Waals surface area contributed by atoms with Crippen LogP contribution in [0.2, 0.25) is 0 Å². The monoisotopic (exact) mass is 322 g/mol. The maximum Gasteiger partial charge on any atom is 0.271 e. The Bertz CT molecular complexity index is 571. The van der Waals surface area contributed by atoms with Crippen molar-refractivity contribution in [3.05, 3.63) is 28.3 Å². The standard InChI is InChI=1S/C15H22N4O4/c1-17-6-8-18(9-7-17)14-5-4-12(19(22)23)11-13(14)16-15(21)3-2-10-20/h4-5,11,20H,2-3,6-10H2,1H3,(H,16,21). The highest BCUT2D eigenvalue weighted by atomic mass is 16.6. The first kappa shape index (κ1) is 17.2. The minimum atomic E-state index is -0.475. The molecule has 8 nitrogen and oxygen atoms in total. The quantitative estimate of drug-likeness (QED) is 0.600. The molecule has 126 valence electrons. The van der Waals surface area contributed by atoms with Crippen LogP contribution in [-0.4, -0.2) is 60.7 Å². The fourth-order valence-corrected chi connectivity index (χ4v) is 2.51. The number of hydrogen-bond donors (Lipinski definition) is 2. The minimum absolute atomic E-state index is 0.0552. The molecule has 1 aliphatic rings. The zero-order chi connectivity index (χ0) is 16.8. The van der Waals surface area contributed by atoms with Crippen molar-refractivity contribution in [3.8, 4) is 0 Å².